The van der Waals surface area contributed by atoms with Crippen molar-refractivity contribution in [3.8, 4) is 0 Å². The molecule has 6 heteroatoms. The molecule has 1 aromatic heterocycles. The Morgan fingerprint density at radius 1 is 1.22 bits per heavy atom. The molecule has 18 heavy (non-hydrogen) atoms. The minimum absolute atomic E-state index is 0.212. The number of nitrogens with one attached hydrogen (secondary N) is 1. The lowest BCUT2D eigenvalue weighted by Gasteiger charge is -2.19. The second-order valence-electron chi connectivity index (χ2n) is 4.02. The number of hydrogen-bond donors (Lipinski definition) is 3. The molecule has 0 aliphatic heterocycles. The third-order valence-corrected chi connectivity index (χ3v) is 3.56. The van der Waals surface area contributed by atoms with E-state index in [0.717, 1.165) is 5.56 Å². The van der Waals surface area contributed by atoms with Crippen LogP contribution in [0.15, 0.2) is 47.1 Å². The maximum absolute atomic E-state index is 11.5. The lowest BCUT2D eigenvalue weighted by Crippen LogP contribution is -2.10. The summed E-state index contributed by atoms with van der Waals surface area (Å²) in [7, 11) is -4.35. The van der Waals surface area contributed by atoms with Gasteiger partial charge in [-0.2, -0.15) is 0 Å². The van der Waals surface area contributed by atoms with E-state index in [1.165, 1.54) is 12.3 Å². The summed E-state index contributed by atoms with van der Waals surface area (Å²) in [5, 5.41) is 2.79. The van der Waals surface area contributed by atoms with Crippen molar-refractivity contribution in [1.29, 1.82) is 0 Å². The standard InChI is InChI=1S/C12H14NO4P/c1-9-4-6-10(7-5-9)13-12(18(14,15)16)11-3-2-8-17-11/h2-8,12-13H,1H3,(H2,14,15,16)/t12-/m0/s1. The normalized spacial score (nSPS) is 13.3. The van der Waals surface area contributed by atoms with Gasteiger partial charge in [0.1, 0.15) is 5.76 Å². The summed E-state index contributed by atoms with van der Waals surface area (Å²) >= 11 is 0. The third-order valence-electron chi connectivity index (χ3n) is 2.50. The minimum Gasteiger partial charge on any atom is -0.466 e. The van der Waals surface area contributed by atoms with Crippen LogP contribution in [-0.2, 0) is 4.57 Å². The predicted molar refractivity (Wildman–Crippen MR) is 68.3 cm³/mol. The van der Waals surface area contributed by atoms with E-state index in [9.17, 15) is 14.4 Å². The molecule has 96 valence electrons. The van der Waals surface area contributed by atoms with E-state index >= 15 is 0 Å². The lowest BCUT2D eigenvalue weighted by molar-refractivity contribution is 0.354. The smallest absolute Gasteiger partial charge is 0.355 e. The topological polar surface area (TPSA) is 82.7 Å². The van der Waals surface area contributed by atoms with Gasteiger partial charge in [-0.05, 0) is 31.2 Å². The zero-order chi connectivity index (χ0) is 13.2. The molecule has 5 nitrogen and oxygen atoms in total. The van der Waals surface area contributed by atoms with Gasteiger partial charge in [0.15, 0.2) is 5.78 Å². The molecule has 0 fully saturated rings. The highest BCUT2D eigenvalue weighted by molar-refractivity contribution is 7.52. The molecule has 3 N–H and O–H groups in total. The average molecular weight is 267 g/mol. The molecule has 0 unspecified atom stereocenters. The van der Waals surface area contributed by atoms with Crippen LogP contribution in [0.25, 0.3) is 0 Å². The molecule has 0 saturated carbocycles. The highest BCUT2D eigenvalue weighted by Gasteiger charge is 2.32. The Bertz CT molecular complexity index is 544. The van der Waals surface area contributed by atoms with Crippen LogP contribution in [0.1, 0.15) is 17.1 Å². The number of anilines is 1. The SMILES string of the molecule is Cc1ccc(N[C@H](c2ccco2)P(=O)(O)O)cc1. The van der Waals surface area contributed by atoms with Gasteiger partial charge in [0.25, 0.3) is 0 Å². The fourth-order valence-electron chi connectivity index (χ4n) is 1.58. The maximum Gasteiger partial charge on any atom is 0.355 e. The Morgan fingerprint density at radius 3 is 2.39 bits per heavy atom. The summed E-state index contributed by atoms with van der Waals surface area (Å²) in [6.45, 7) is 1.94. The third kappa shape index (κ3) is 3.01. The highest BCUT2D eigenvalue weighted by Crippen LogP contribution is 2.51. The Hall–Kier alpha value is -1.55. The zero-order valence-corrected chi connectivity index (χ0v) is 10.7. The van der Waals surface area contributed by atoms with Crippen LogP contribution in [0.5, 0.6) is 0 Å². The number of benzene rings is 1. The van der Waals surface area contributed by atoms with Gasteiger partial charge in [-0.3, -0.25) is 4.57 Å². The summed E-state index contributed by atoms with van der Waals surface area (Å²) < 4.78 is 16.5. The van der Waals surface area contributed by atoms with Crippen LogP contribution in [0, 0.1) is 6.92 Å². The van der Waals surface area contributed by atoms with Crippen LogP contribution in [0.4, 0.5) is 5.69 Å². The van der Waals surface area contributed by atoms with Gasteiger partial charge in [-0.1, -0.05) is 17.7 Å². The van der Waals surface area contributed by atoms with Crippen LogP contribution in [0.3, 0.4) is 0 Å². The predicted octanol–water partition coefficient (Wildman–Crippen LogP) is 2.88. The molecule has 1 heterocycles. The first-order valence-corrected chi connectivity index (χ1v) is 7.07. The van der Waals surface area contributed by atoms with Crippen LogP contribution >= 0.6 is 7.60 Å². The summed E-state index contributed by atoms with van der Waals surface area (Å²) in [6, 6.07) is 10.4. The molecule has 0 aliphatic rings. The lowest BCUT2D eigenvalue weighted by atomic mass is 10.2. The fourth-order valence-corrected chi connectivity index (χ4v) is 2.37. The van der Waals surface area contributed by atoms with Crippen LogP contribution in [-0.4, -0.2) is 9.79 Å². The summed E-state index contributed by atoms with van der Waals surface area (Å²) in [5.74, 6) is -0.959. The highest BCUT2D eigenvalue weighted by atomic mass is 31.2. The molecule has 0 aliphatic carbocycles. The van der Waals surface area contributed by atoms with Crippen LogP contribution < -0.4 is 5.32 Å². The van der Waals surface area contributed by atoms with Gasteiger partial charge in [0.05, 0.1) is 6.26 Å². The molecule has 0 spiro atoms. The number of rotatable bonds is 4. The van der Waals surface area contributed by atoms with Gasteiger partial charge >= 0.3 is 7.60 Å². The fraction of sp³-hybridized carbons (Fsp3) is 0.167. The zero-order valence-electron chi connectivity index (χ0n) is 9.78. The summed E-state index contributed by atoms with van der Waals surface area (Å²) in [4.78, 5) is 18.7. The van der Waals surface area contributed by atoms with Gasteiger partial charge in [-0.15, -0.1) is 0 Å². The number of hydrogen-bond acceptors (Lipinski definition) is 3. The van der Waals surface area contributed by atoms with Crippen molar-refractivity contribution in [3.05, 3.63) is 54.0 Å². The molecule has 1 atom stereocenters. The van der Waals surface area contributed by atoms with E-state index in [0.29, 0.717) is 5.69 Å². The van der Waals surface area contributed by atoms with E-state index < -0.39 is 13.4 Å². The van der Waals surface area contributed by atoms with Crippen LogP contribution in [0.2, 0.25) is 0 Å². The first-order chi connectivity index (χ1) is 8.47. The van der Waals surface area contributed by atoms with E-state index in [4.69, 9.17) is 4.42 Å². The molecule has 2 aromatic rings. The monoisotopic (exact) mass is 267 g/mol. The van der Waals surface area contributed by atoms with Crippen molar-refractivity contribution in [2.75, 3.05) is 5.32 Å². The Kier molecular flexibility index (Phi) is 3.57. The number of aryl methyl sites for hydroxylation is 1. The molecule has 0 amide bonds. The minimum atomic E-state index is -4.35. The van der Waals surface area contributed by atoms with E-state index in [1.807, 2.05) is 19.1 Å². The molecule has 1 aromatic carbocycles. The molecule has 0 radical (unpaired) electrons. The first kappa shape index (κ1) is 12.9. The second kappa shape index (κ2) is 4.98. The van der Waals surface area contributed by atoms with E-state index in [2.05, 4.69) is 5.32 Å². The van der Waals surface area contributed by atoms with Gasteiger partial charge < -0.3 is 19.5 Å². The Labute approximate surface area is 105 Å². The largest absolute Gasteiger partial charge is 0.466 e. The van der Waals surface area contributed by atoms with Crippen molar-refractivity contribution in [3.63, 3.8) is 0 Å². The molecule has 0 bridgehead atoms. The van der Waals surface area contributed by atoms with Gasteiger partial charge in [0, 0.05) is 5.69 Å². The molecular formula is C12H14NO4P. The molecule has 0 saturated heterocycles. The Balaban J connectivity index is 2.26. The second-order valence-corrected chi connectivity index (χ2v) is 5.71. The Morgan fingerprint density at radius 2 is 1.89 bits per heavy atom. The quantitative estimate of drug-likeness (QED) is 0.742. The average Bonchev–Trinajstić information content (AvgIpc) is 2.80. The van der Waals surface area contributed by atoms with Crippen molar-refractivity contribution in [2.45, 2.75) is 12.7 Å². The van der Waals surface area contributed by atoms with Crippen molar-refractivity contribution >= 4 is 13.3 Å². The van der Waals surface area contributed by atoms with Crippen molar-refractivity contribution in [2.24, 2.45) is 0 Å². The number of furan rings is 1. The van der Waals surface area contributed by atoms with Gasteiger partial charge in [-0.25, -0.2) is 0 Å². The van der Waals surface area contributed by atoms with Gasteiger partial charge in [0.2, 0.25) is 0 Å². The maximum atomic E-state index is 11.5. The van der Waals surface area contributed by atoms with E-state index in [-0.39, 0.29) is 5.76 Å². The summed E-state index contributed by atoms with van der Waals surface area (Å²) in [6.07, 6.45) is 1.38. The van der Waals surface area contributed by atoms with Crippen molar-refractivity contribution in [1.82, 2.24) is 0 Å². The molecule has 2 rings (SSSR count). The summed E-state index contributed by atoms with van der Waals surface area (Å²) in [5.41, 5.74) is 1.71. The molecular weight excluding hydrogens is 253 g/mol. The van der Waals surface area contributed by atoms with E-state index in [1.54, 1.807) is 18.2 Å². The first-order valence-electron chi connectivity index (χ1n) is 5.38. The van der Waals surface area contributed by atoms with Crippen molar-refractivity contribution < 1.29 is 18.8 Å².